The minimum atomic E-state index is -3.48. The molecule has 0 heterocycles. The van der Waals surface area contributed by atoms with Gasteiger partial charge in [0.25, 0.3) is 0 Å². The van der Waals surface area contributed by atoms with Gasteiger partial charge in [-0.3, -0.25) is 4.79 Å². The Morgan fingerprint density at radius 3 is 2.14 bits per heavy atom. The van der Waals surface area contributed by atoms with Crippen LogP contribution in [0.2, 0.25) is 0 Å². The second kappa shape index (κ2) is 6.47. The summed E-state index contributed by atoms with van der Waals surface area (Å²) >= 11 is 0. The highest BCUT2D eigenvalue weighted by Crippen LogP contribution is 2.22. The van der Waals surface area contributed by atoms with Gasteiger partial charge in [-0.05, 0) is 44.9 Å². The monoisotopic (exact) mass is 314 g/mol. The molecule has 0 aliphatic carbocycles. The third-order valence-electron chi connectivity index (χ3n) is 3.34. The van der Waals surface area contributed by atoms with E-state index >= 15 is 0 Å². The lowest BCUT2D eigenvalue weighted by molar-refractivity contribution is -0.140. The molecule has 0 aliphatic rings. The van der Waals surface area contributed by atoms with Crippen molar-refractivity contribution in [1.29, 1.82) is 0 Å². The van der Waals surface area contributed by atoms with Crippen molar-refractivity contribution in [2.24, 2.45) is 5.92 Å². The van der Waals surface area contributed by atoms with E-state index < -0.39 is 26.5 Å². The Hall–Kier alpha value is -1.56. The van der Waals surface area contributed by atoms with Crippen molar-refractivity contribution >= 4 is 15.8 Å². The first-order chi connectivity index (χ1) is 9.56. The number of ether oxygens (including phenoxy) is 1. The van der Waals surface area contributed by atoms with E-state index in [1.807, 2.05) is 0 Å². The van der Waals surface area contributed by atoms with Crippen LogP contribution in [0.25, 0.3) is 0 Å². The van der Waals surface area contributed by atoms with Crippen molar-refractivity contribution in [2.75, 3.05) is 12.9 Å². The van der Waals surface area contributed by atoms with E-state index in [0.29, 0.717) is 5.75 Å². The molecule has 0 spiro atoms. The summed E-state index contributed by atoms with van der Waals surface area (Å²) in [6.45, 7) is 4.73. The molecule has 1 rings (SSSR count). The Morgan fingerprint density at radius 2 is 1.76 bits per heavy atom. The largest absolute Gasteiger partial charge is 0.497 e. The molecule has 0 aliphatic heterocycles. The average molecular weight is 314 g/mol. The van der Waals surface area contributed by atoms with E-state index in [2.05, 4.69) is 0 Å². The van der Waals surface area contributed by atoms with Crippen LogP contribution < -0.4 is 4.74 Å². The van der Waals surface area contributed by atoms with E-state index in [9.17, 15) is 18.3 Å². The molecule has 1 aromatic rings. The predicted octanol–water partition coefficient (Wildman–Crippen LogP) is 2.15. The zero-order valence-electron chi connectivity index (χ0n) is 12.8. The van der Waals surface area contributed by atoms with Crippen molar-refractivity contribution < 1.29 is 23.1 Å². The maximum absolute atomic E-state index is 12.2. The molecule has 5 nitrogen and oxygen atoms in total. The number of sulfone groups is 1. The second-order valence-corrected chi connectivity index (χ2v) is 8.77. The first-order valence-corrected chi connectivity index (χ1v) is 8.30. The lowest BCUT2D eigenvalue weighted by atomic mass is 10.0. The summed E-state index contributed by atoms with van der Waals surface area (Å²) in [5.74, 6) is -1.74. The zero-order chi connectivity index (χ0) is 16.3. The van der Waals surface area contributed by atoms with Gasteiger partial charge >= 0.3 is 5.97 Å². The van der Waals surface area contributed by atoms with Crippen LogP contribution in [0.15, 0.2) is 24.3 Å². The molecule has 1 aromatic carbocycles. The molecule has 0 fully saturated rings. The van der Waals surface area contributed by atoms with Crippen molar-refractivity contribution in [3.05, 3.63) is 29.8 Å². The standard InChI is InChI=1S/C15H22O5S/c1-15(2,3)21(18,19)10-12(14(16)17)9-11-5-7-13(20-4)8-6-11/h5-8,12H,9-10H2,1-4H3,(H,16,17)/t12-/m1/s1. The maximum Gasteiger partial charge on any atom is 0.307 e. The highest BCUT2D eigenvalue weighted by Gasteiger charge is 2.34. The minimum Gasteiger partial charge on any atom is -0.497 e. The van der Waals surface area contributed by atoms with Crippen LogP contribution >= 0.6 is 0 Å². The van der Waals surface area contributed by atoms with Gasteiger partial charge in [0, 0.05) is 0 Å². The van der Waals surface area contributed by atoms with Gasteiger partial charge < -0.3 is 9.84 Å². The summed E-state index contributed by atoms with van der Waals surface area (Å²) in [6, 6.07) is 6.95. The topological polar surface area (TPSA) is 80.7 Å². The molecule has 6 heteroatoms. The SMILES string of the molecule is COc1ccc(C[C@H](CS(=O)(=O)C(C)(C)C)C(=O)O)cc1. The number of carbonyl (C=O) groups is 1. The number of rotatable bonds is 6. The highest BCUT2D eigenvalue weighted by atomic mass is 32.2. The lowest BCUT2D eigenvalue weighted by Gasteiger charge is -2.22. The van der Waals surface area contributed by atoms with E-state index in [4.69, 9.17) is 4.74 Å². The fourth-order valence-electron chi connectivity index (χ4n) is 1.78. The summed E-state index contributed by atoms with van der Waals surface area (Å²) < 4.78 is 28.4. The van der Waals surface area contributed by atoms with Gasteiger partial charge in [0.2, 0.25) is 0 Å². The Balaban J connectivity index is 2.91. The molecule has 21 heavy (non-hydrogen) atoms. The number of benzene rings is 1. The van der Waals surface area contributed by atoms with Crippen LogP contribution in [-0.4, -0.2) is 37.1 Å². The number of methoxy groups -OCH3 is 1. The molecule has 0 bridgehead atoms. The Labute approximate surface area is 125 Å². The third kappa shape index (κ3) is 4.74. The Morgan fingerprint density at radius 1 is 1.24 bits per heavy atom. The summed E-state index contributed by atoms with van der Waals surface area (Å²) in [5.41, 5.74) is 0.771. The van der Waals surface area contributed by atoms with Crippen LogP contribution in [0.5, 0.6) is 5.75 Å². The molecular formula is C15H22O5S. The van der Waals surface area contributed by atoms with E-state index in [1.54, 1.807) is 52.1 Å². The predicted molar refractivity (Wildman–Crippen MR) is 81.4 cm³/mol. The first kappa shape index (κ1) is 17.5. The molecule has 1 atom stereocenters. The van der Waals surface area contributed by atoms with Gasteiger partial charge in [-0.2, -0.15) is 0 Å². The van der Waals surface area contributed by atoms with Crippen molar-refractivity contribution in [1.82, 2.24) is 0 Å². The number of carboxylic acids is 1. The van der Waals surface area contributed by atoms with Crippen LogP contribution in [-0.2, 0) is 21.1 Å². The van der Waals surface area contributed by atoms with Gasteiger partial charge in [0.05, 0.1) is 23.5 Å². The van der Waals surface area contributed by atoms with Crippen molar-refractivity contribution in [2.45, 2.75) is 31.9 Å². The molecule has 1 N–H and O–H groups in total. The molecule has 0 saturated heterocycles. The Kier molecular flexibility index (Phi) is 5.39. The van der Waals surface area contributed by atoms with Crippen molar-refractivity contribution in [3.63, 3.8) is 0 Å². The zero-order valence-corrected chi connectivity index (χ0v) is 13.6. The summed E-state index contributed by atoms with van der Waals surface area (Å²) in [4.78, 5) is 11.3. The minimum absolute atomic E-state index is 0.175. The molecule has 0 unspecified atom stereocenters. The first-order valence-electron chi connectivity index (χ1n) is 6.65. The van der Waals surface area contributed by atoms with Gasteiger partial charge in [-0.25, -0.2) is 8.42 Å². The number of hydrogen-bond donors (Lipinski definition) is 1. The Bertz CT molecular complexity index is 581. The number of aliphatic carboxylic acids is 1. The van der Waals surface area contributed by atoms with Crippen LogP contribution in [0, 0.1) is 5.92 Å². The molecule has 0 amide bonds. The third-order valence-corrected chi connectivity index (χ3v) is 6.05. The van der Waals surface area contributed by atoms with Gasteiger partial charge in [-0.15, -0.1) is 0 Å². The van der Waals surface area contributed by atoms with Gasteiger partial charge in [-0.1, -0.05) is 12.1 Å². The van der Waals surface area contributed by atoms with Crippen molar-refractivity contribution in [3.8, 4) is 5.75 Å². The van der Waals surface area contributed by atoms with E-state index in [-0.39, 0.29) is 12.2 Å². The van der Waals surface area contributed by atoms with Crippen LogP contribution in [0.3, 0.4) is 0 Å². The molecule has 0 saturated carbocycles. The van der Waals surface area contributed by atoms with Crippen LogP contribution in [0.4, 0.5) is 0 Å². The maximum atomic E-state index is 12.2. The quantitative estimate of drug-likeness (QED) is 0.870. The second-order valence-electron chi connectivity index (χ2n) is 5.98. The summed E-state index contributed by atoms with van der Waals surface area (Å²) in [5, 5.41) is 9.28. The normalized spacial score (nSPS) is 13.7. The fraction of sp³-hybridized carbons (Fsp3) is 0.533. The van der Waals surface area contributed by atoms with E-state index in [0.717, 1.165) is 5.56 Å². The molecule has 118 valence electrons. The summed E-state index contributed by atoms with van der Waals surface area (Å²) in [7, 11) is -1.93. The molecular weight excluding hydrogens is 292 g/mol. The van der Waals surface area contributed by atoms with Crippen LogP contribution in [0.1, 0.15) is 26.3 Å². The highest BCUT2D eigenvalue weighted by molar-refractivity contribution is 7.92. The number of hydrogen-bond acceptors (Lipinski definition) is 4. The molecule has 0 radical (unpaired) electrons. The lowest BCUT2D eigenvalue weighted by Crippen LogP contribution is -2.36. The average Bonchev–Trinajstić information content (AvgIpc) is 2.37. The van der Waals surface area contributed by atoms with Gasteiger partial charge in [0.15, 0.2) is 9.84 Å². The van der Waals surface area contributed by atoms with Gasteiger partial charge in [0.1, 0.15) is 5.75 Å². The summed E-state index contributed by atoms with van der Waals surface area (Å²) in [6.07, 6.45) is 0.175. The number of carboxylic acid groups (broad SMARTS) is 1. The smallest absolute Gasteiger partial charge is 0.307 e. The fourth-order valence-corrected chi connectivity index (χ4v) is 3.07. The van der Waals surface area contributed by atoms with E-state index in [1.165, 1.54) is 0 Å². The molecule has 0 aromatic heterocycles.